The number of phenols is 1. The molecule has 0 saturated heterocycles. The average Bonchev–Trinajstić information content (AvgIpc) is 2.25. The van der Waals surface area contributed by atoms with Crippen LogP contribution in [0.25, 0.3) is 10.8 Å². The Labute approximate surface area is 165 Å². The minimum absolute atomic E-state index is 0. The molecular formula is C10H8Na2O7S2. The zero-order valence-corrected chi connectivity index (χ0v) is 16.8. The quantitative estimate of drug-likeness (QED) is 0.524. The molecule has 0 spiro atoms. The number of phenolic OH excluding ortho intramolecular Hbond substituents is 1. The van der Waals surface area contributed by atoms with Crippen molar-refractivity contribution in [1.29, 1.82) is 0 Å². The third-order valence-corrected chi connectivity index (χ3v) is 4.19. The Morgan fingerprint density at radius 3 is 1.90 bits per heavy atom. The number of aromatic hydroxyl groups is 1. The van der Waals surface area contributed by atoms with E-state index in [1.54, 1.807) is 0 Å². The molecular weight excluding hydrogens is 342 g/mol. The van der Waals surface area contributed by atoms with E-state index in [4.69, 9.17) is 9.11 Å². The van der Waals surface area contributed by atoms with Crippen LogP contribution >= 0.6 is 0 Å². The van der Waals surface area contributed by atoms with Crippen LogP contribution in [0.1, 0.15) is 0 Å². The predicted octanol–water partition coefficient (Wildman–Crippen LogP) is 0.277. The molecule has 7 nitrogen and oxygen atoms in total. The van der Waals surface area contributed by atoms with Gasteiger partial charge < -0.3 is 5.11 Å². The van der Waals surface area contributed by atoms with Crippen molar-refractivity contribution < 1.29 is 31.0 Å². The first-order valence-corrected chi connectivity index (χ1v) is 7.69. The van der Waals surface area contributed by atoms with E-state index in [1.165, 1.54) is 12.1 Å². The first-order valence-electron chi connectivity index (χ1n) is 4.81. The summed E-state index contributed by atoms with van der Waals surface area (Å²) in [7, 11) is -9.11. The summed E-state index contributed by atoms with van der Waals surface area (Å²) in [6.07, 6.45) is 0. The number of hydrogen-bond acceptors (Lipinski definition) is 5. The van der Waals surface area contributed by atoms with Gasteiger partial charge in [-0.25, -0.2) is 0 Å². The second-order valence-corrected chi connectivity index (χ2v) is 6.56. The van der Waals surface area contributed by atoms with E-state index in [0.717, 1.165) is 12.1 Å². The molecule has 0 amide bonds. The van der Waals surface area contributed by atoms with Gasteiger partial charge in [-0.1, -0.05) is 12.1 Å². The van der Waals surface area contributed by atoms with Gasteiger partial charge in [0, 0.05) is 70.6 Å². The standard InChI is InChI=1S/C10H8O7S2.2Na/c11-8-5-7(18(12,13)14)4-6-2-1-3-9(10(6)8)19(15,16)17;;/h1-5,11H,(H,12,13,14)(H,15,16,17);;. The molecule has 104 valence electrons. The molecule has 2 aromatic carbocycles. The van der Waals surface area contributed by atoms with Gasteiger partial charge in [0.05, 0.1) is 4.90 Å². The average molecular weight is 350 g/mol. The monoisotopic (exact) mass is 350 g/mol. The van der Waals surface area contributed by atoms with Crippen molar-refractivity contribution in [2.45, 2.75) is 9.79 Å². The molecule has 2 radical (unpaired) electrons. The summed E-state index contributed by atoms with van der Waals surface area (Å²) in [6, 6.07) is 5.34. The Balaban J connectivity index is 0.00000200. The second kappa shape index (κ2) is 7.26. The zero-order chi connectivity index (χ0) is 14.4. The summed E-state index contributed by atoms with van der Waals surface area (Å²) in [5, 5.41) is 9.53. The van der Waals surface area contributed by atoms with E-state index >= 15 is 0 Å². The Morgan fingerprint density at radius 1 is 0.857 bits per heavy atom. The summed E-state index contributed by atoms with van der Waals surface area (Å²) < 4.78 is 62.2. The molecule has 0 aliphatic heterocycles. The van der Waals surface area contributed by atoms with Crippen molar-refractivity contribution >= 4 is 90.1 Å². The van der Waals surface area contributed by atoms with Gasteiger partial charge in [0.1, 0.15) is 10.6 Å². The molecule has 0 aliphatic rings. The molecule has 2 aromatic rings. The van der Waals surface area contributed by atoms with Crippen molar-refractivity contribution in [3.8, 4) is 5.75 Å². The van der Waals surface area contributed by atoms with Crippen LogP contribution < -0.4 is 0 Å². The van der Waals surface area contributed by atoms with Gasteiger partial charge in [0.2, 0.25) is 0 Å². The normalized spacial score (nSPS) is 11.5. The van der Waals surface area contributed by atoms with Crippen LogP contribution in [0.15, 0.2) is 40.1 Å². The Bertz CT molecular complexity index is 876. The number of rotatable bonds is 2. The summed E-state index contributed by atoms with van der Waals surface area (Å²) in [4.78, 5) is -1.13. The fourth-order valence-electron chi connectivity index (χ4n) is 1.71. The maximum absolute atomic E-state index is 11.2. The molecule has 0 heterocycles. The predicted molar refractivity (Wildman–Crippen MR) is 76.8 cm³/mol. The van der Waals surface area contributed by atoms with E-state index in [9.17, 15) is 21.9 Å². The molecule has 21 heavy (non-hydrogen) atoms. The minimum Gasteiger partial charge on any atom is -0.507 e. The van der Waals surface area contributed by atoms with Crippen LogP contribution in [-0.2, 0) is 20.2 Å². The van der Waals surface area contributed by atoms with Crippen LogP contribution in [-0.4, -0.2) is 90.2 Å². The molecule has 0 unspecified atom stereocenters. The number of hydrogen-bond donors (Lipinski definition) is 3. The van der Waals surface area contributed by atoms with E-state index in [2.05, 4.69) is 0 Å². The topological polar surface area (TPSA) is 129 Å². The van der Waals surface area contributed by atoms with E-state index in [1.807, 2.05) is 0 Å². The van der Waals surface area contributed by atoms with Crippen molar-refractivity contribution in [1.82, 2.24) is 0 Å². The molecule has 0 aromatic heterocycles. The molecule has 0 fully saturated rings. The van der Waals surface area contributed by atoms with Crippen molar-refractivity contribution in [3.05, 3.63) is 30.3 Å². The van der Waals surface area contributed by atoms with Gasteiger partial charge in [0.25, 0.3) is 20.2 Å². The zero-order valence-electron chi connectivity index (χ0n) is 11.2. The number of fused-ring (bicyclic) bond motifs is 1. The molecule has 0 bridgehead atoms. The van der Waals surface area contributed by atoms with Gasteiger partial charge in [-0.05, 0) is 17.5 Å². The Morgan fingerprint density at radius 2 is 1.43 bits per heavy atom. The molecule has 2 rings (SSSR count). The van der Waals surface area contributed by atoms with Gasteiger partial charge in [-0.15, -0.1) is 0 Å². The molecule has 3 N–H and O–H groups in total. The van der Waals surface area contributed by atoms with E-state index < -0.39 is 35.8 Å². The summed E-state index contributed by atoms with van der Waals surface area (Å²) in [6.45, 7) is 0. The Kier molecular flexibility index (Phi) is 7.37. The van der Waals surface area contributed by atoms with Gasteiger partial charge in [-0.2, -0.15) is 16.8 Å². The maximum Gasteiger partial charge on any atom is 0.295 e. The van der Waals surface area contributed by atoms with Crippen LogP contribution in [0.2, 0.25) is 0 Å². The summed E-state index contributed by atoms with van der Waals surface area (Å²) in [5.41, 5.74) is 0. The smallest absolute Gasteiger partial charge is 0.295 e. The van der Waals surface area contributed by atoms with E-state index in [0.29, 0.717) is 6.07 Å². The van der Waals surface area contributed by atoms with Crippen LogP contribution in [0.5, 0.6) is 5.75 Å². The third-order valence-electron chi connectivity index (χ3n) is 2.47. The summed E-state index contributed by atoms with van der Waals surface area (Å²) in [5.74, 6) is -0.682. The van der Waals surface area contributed by atoms with Crippen molar-refractivity contribution in [3.63, 3.8) is 0 Å². The maximum atomic E-state index is 11.2. The first-order chi connectivity index (χ1) is 8.60. The molecule has 0 atom stereocenters. The van der Waals surface area contributed by atoms with Gasteiger partial charge >= 0.3 is 0 Å². The third kappa shape index (κ3) is 4.64. The van der Waals surface area contributed by atoms with Crippen molar-refractivity contribution in [2.75, 3.05) is 0 Å². The van der Waals surface area contributed by atoms with Gasteiger partial charge in [-0.3, -0.25) is 9.11 Å². The summed E-state index contributed by atoms with van der Waals surface area (Å²) >= 11 is 0. The van der Waals surface area contributed by atoms with Gasteiger partial charge in [0.15, 0.2) is 0 Å². The first kappa shape index (κ1) is 21.3. The van der Waals surface area contributed by atoms with Crippen molar-refractivity contribution in [2.24, 2.45) is 0 Å². The molecule has 0 aliphatic carbocycles. The van der Waals surface area contributed by atoms with Crippen LogP contribution in [0.4, 0.5) is 0 Å². The van der Waals surface area contributed by atoms with Crippen LogP contribution in [0, 0.1) is 0 Å². The SMILES string of the molecule is O=S(=O)(O)c1cc(O)c2c(S(=O)(=O)O)cccc2c1.[Na].[Na]. The molecule has 11 heteroatoms. The largest absolute Gasteiger partial charge is 0.507 e. The fourth-order valence-corrected chi connectivity index (χ4v) is 2.98. The minimum atomic E-state index is -4.57. The van der Waals surface area contributed by atoms with Crippen LogP contribution in [0.3, 0.4) is 0 Å². The molecule has 0 saturated carbocycles. The Hall–Kier alpha value is 0.320. The second-order valence-electron chi connectivity index (χ2n) is 3.75. The number of benzene rings is 2. The fraction of sp³-hybridized carbons (Fsp3) is 0. The van der Waals surface area contributed by atoms with E-state index in [-0.39, 0.29) is 69.9 Å².